The van der Waals surface area contributed by atoms with E-state index in [9.17, 15) is 4.79 Å². The van der Waals surface area contributed by atoms with Gasteiger partial charge in [0, 0.05) is 0 Å². The van der Waals surface area contributed by atoms with Crippen LogP contribution in [0.2, 0.25) is 0 Å². The van der Waals surface area contributed by atoms with Gasteiger partial charge in [0.15, 0.2) is 0 Å². The Bertz CT molecular complexity index is 334. The van der Waals surface area contributed by atoms with E-state index in [4.69, 9.17) is 9.84 Å². The van der Waals surface area contributed by atoms with E-state index < -0.39 is 13.1 Å². The summed E-state index contributed by atoms with van der Waals surface area (Å²) in [6, 6.07) is 6.88. The maximum Gasteiger partial charge on any atom is 0.266 e. The quantitative estimate of drug-likeness (QED) is 0.675. The van der Waals surface area contributed by atoms with Gasteiger partial charge in [-0.2, -0.15) is 0 Å². The third kappa shape index (κ3) is 1.30. The van der Waals surface area contributed by atoms with Crippen LogP contribution in [0, 0.1) is 0 Å². The van der Waals surface area contributed by atoms with E-state index in [-0.39, 0.29) is 5.78 Å². The molecule has 1 heterocycles. The van der Waals surface area contributed by atoms with Crippen molar-refractivity contribution in [2.75, 3.05) is 6.79 Å². The summed E-state index contributed by atoms with van der Waals surface area (Å²) in [6.07, 6.45) is -0.984. The predicted molar refractivity (Wildman–Crippen MR) is 43.4 cm³/mol. The summed E-state index contributed by atoms with van der Waals surface area (Å²) in [4.78, 5) is 11.4. The molecule has 1 atom stereocenters. The lowest BCUT2D eigenvalue weighted by Crippen LogP contribution is -2.24. The zero-order chi connectivity index (χ0) is 9.26. The Morgan fingerprint density at radius 2 is 2.23 bits per heavy atom. The Kier molecular flexibility index (Phi) is 2.00. The van der Waals surface area contributed by atoms with Crippen molar-refractivity contribution in [2.45, 2.75) is 6.29 Å². The van der Waals surface area contributed by atoms with Crippen LogP contribution in [-0.4, -0.2) is 24.0 Å². The molecule has 0 radical (unpaired) electrons. The smallest absolute Gasteiger partial charge is 0.266 e. The van der Waals surface area contributed by atoms with Crippen molar-refractivity contribution < 1.29 is 19.4 Å². The average Bonchev–Trinajstić information content (AvgIpc) is 2.46. The second kappa shape index (κ2) is 3.16. The summed E-state index contributed by atoms with van der Waals surface area (Å²) >= 11 is 0. The minimum absolute atomic E-state index is 0.246. The largest absolute Gasteiger partial charge is 0.456 e. The number of fused-ring (bicyclic) bond motifs is 1. The maximum atomic E-state index is 11.4. The van der Waals surface area contributed by atoms with Crippen LogP contribution in [0.4, 0.5) is 0 Å². The molecule has 0 saturated carbocycles. The molecule has 0 aliphatic carbocycles. The van der Waals surface area contributed by atoms with Gasteiger partial charge in [0.2, 0.25) is 5.78 Å². The van der Waals surface area contributed by atoms with Gasteiger partial charge in [0.1, 0.15) is 12.5 Å². The third-order valence-electron chi connectivity index (χ3n) is 1.83. The van der Waals surface area contributed by atoms with E-state index in [1.54, 1.807) is 24.3 Å². The van der Waals surface area contributed by atoms with Crippen LogP contribution in [0.25, 0.3) is 0 Å². The van der Waals surface area contributed by atoms with Crippen LogP contribution in [0.15, 0.2) is 24.3 Å². The van der Waals surface area contributed by atoms with E-state index in [2.05, 4.69) is 4.74 Å². The molecule has 1 aliphatic heterocycles. The number of ketones is 1. The number of benzene rings is 1. The summed E-state index contributed by atoms with van der Waals surface area (Å²) in [5.74, 6) is 0.260. The predicted octanol–water partition coefficient (Wildman–Crippen LogP) is 0.554. The first-order valence-corrected chi connectivity index (χ1v) is 3.85. The minimum Gasteiger partial charge on any atom is -0.456 e. The van der Waals surface area contributed by atoms with Crippen LogP contribution in [-0.2, 0) is 4.74 Å². The van der Waals surface area contributed by atoms with Crippen LogP contribution < -0.4 is 4.74 Å². The number of aliphatic hydroxyl groups is 1. The number of rotatable bonds is 2. The molecule has 0 amide bonds. The molecule has 1 N–H and O–H groups in total. The normalized spacial score (nSPS) is 19.8. The fraction of sp³-hybridized carbons (Fsp3) is 0.222. The highest BCUT2D eigenvalue weighted by Gasteiger charge is 2.32. The van der Waals surface area contributed by atoms with Gasteiger partial charge in [-0.15, -0.1) is 0 Å². The Morgan fingerprint density at radius 1 is 1.46 bits per heavy atom. The molecule has 0 aromatic heterocycles. The molecule has 0 bridgehead atoms. The standard InChI is InChI=1S/C9H8O4/c10-5-12-9-8(11)6-3-1-2-4-7(6)13-9/h1-4,9-10H,5H2. The molecule has 1 aromatic rings. The number of hydrogen-bond donors (Lipinski definition) is 1. The summed E-state index contributed by atoms with van der Waals surface area (Å²) in [5, 5.41) is 8.47. The first kappa shape index (κ1) is 8.22. The van der Waals surface area contributed by atoms with E-state index in [0.717, 1.165) is 0 Å². The highest BCUT2D eigenvalue weighted by Crippen LogP contribution is 2.28. The van der Waals surface area contributed by atoms with Crippen molar-refractivity contribution in [3.63, 3.8) is 0 Å². The number of carbonyl (C=O) groups excluding carboxylic acids is 1. The Labute approximate surface area is 74.7 Å². The van der Waals surface area contributed by atoms with Crippen molar-refractivity contribution in [3.8, 4) is 5.75 Å². The van der Waals surface area contributed by atoms with Crippen LogP contribution in [0.5, 0.6) is 5.75 Å². The highest BCUT2D eigenvalue weighted by atomic mass is 16.7. The Hall–Kier alpha value is -1.39. The zero-order valence-corrected chi connectivity index (χ0v) is 6.77. The van der Waals surface area contributed by atoms with Gasteiger partial charge in [-0.25, -0.2) is 0 Å². The minimum atomic E-state index is -0.984. The molecule has 4 heteroatoms. The monoisotopic (exact) mass is 180 g/mol. The van der Waals surface area contributed by atoms with Crippen LogP contribution in [0.3, 0.4) is 0 Å². The van der Waals surface area contributed by atoms with E-state index in [1.807, 2.05) is 0 Å². The molecule has 0 saturated heterocycles. The first-order valence-electron chi connectivity index (χ1n) is 3.85. The lowest BCUT2D eigenvalue weighted by Gasteiger charge is -2.06. The van der Waals surface area contributed by atoms with Crippen molar-refractivity contribution in [3.05, 3.63) is 29.8 Å². The summed E-state index contributed by atoms with van der Waals surface area (Å²) in [7, 11) is 0. The molecule has 68 valence electrons. The summed E-state index contributed by atoms with van der Waals surface area (Å²) < 4.78 is 9.81. The maximum absolute atomic E-state index is 11.4. The average molecular weight is 180 g/mol. The van der Waals surface area contributed by atoms with Gasteiger partial charge >= 0.3 is 0 Å². The van der Waals surface area contributed by atoms with Gasteiger partial charge in [-0.05, 0) is 12.1 Å². The number of carbonyl (C=O) groups is 1. The highest BCUT2D eigenvalue weighted by molar-refractivity contribution is 6.03. The number of aliphatic hydroxyl groups excluding tert-OH is 1. The van der Waals surface area contributed by atoms with Crippen molar-refractivity contribution in [2.24, 2.45) is 0 Å². The fourth-order valence-electron chi connectivity index (χ4n) is 1.25. The third-order valence-corrected chi connectivity index (χ3v) is 1.83. The molecule has 0 spiro atoms. The van der Waals surface area contributed by atoms with E-state index in [0.29, 0.717) is 11.3 Å². The molecule has 1 aromatic carbocycles. The number of hydrogen-bond acceptors (Lipinski definition) is 4. The Morgan fingerprint density at radius 3 is 2.92 bits per heavy atom. The van der Waals surface area contributed by atoms with E-state index in [1.165, 1.54) is 0 Å². The summed E-state index contributed by atoms with van der Waals surface area (Å²) in [6.45, 7) is -0.523. The first-order chi connectivity index (χ1) is 6.33. The molecule has 2 rings (SSSR count). The number of Topliss-reactive ketones (excluding diaryl/α,β-unsaturated/α-hetero) is 1. The van der Waals surface area contributed by atoms with Gasteiger partial charge < -0.3 is 14.6 Å². The second-order valence-electron chi connectivity index (χ2n) is 2.61. The molecule has 13 heavy (non-hydrogen) atoms. The zero-order valence-electron chi connectivity index (χ0n) is 6.77. The molecular formula is C9H8O4. The molecule has 1 unspecified atom stereocenters. The number of para-hydroxylation sites is 1. The molecule has 0 fully saturated rings. The molecule has 1 aliphatic rings. The van der Waals surface area contributed by atoms with E-state index >= 15 is 0 Å². The van der Waals surface area contributed by atoms with Gasteiger partial charge in [0.25, 0.3) is 6.29 Å². The SMILES string of the molecule is O=C1c2ccccc2OC1OCO. The fourth-order valence-corrected chi connectivity index (χ4v) is 1.25. The molecule has 4 nitrogen and oxygen atoms in total. The van der Waals surface area contributed by atoms with Crippen LogP contribution >= 0.6 is 0 Å². The summed E-state index contributed by atoms with van der Waals surface area (Å²) in [5.41, 5.74) is 0.501. The van der Waals surface area contributed by atoms with Gasteiger partial charge in [-0.1, -0.05) is 12.1 Å². The second-order valence-corrected chi connectivity index (χ2v) is 2.61. The Balaban J connectivity index is 2.28. The number of ether oxygens (including phenoxy) is 2. The van der Waals surface area contributed by atoms with Crippen molar-refractivity contribution in [1.29, 1.82) is 0 Å². The lowest BCUT2D eigenvalue weighted by molar-refractivity contribution is -0.106. The van der Waals surface area contributed by atoms with Crippen molar-refractivity contribution >= 4 is 5.78 Å². The van der Waals surface area contributed by atoms with Gasteiger partial charge in [0.05, 0.1) is 5.56 Å². The lowest BCUT2D eigenvalue weighted by atomic mass is 10.1. The van der Waals surface area contributed by atoms with Crippen molar-refractivity contribution in [1.82, 2.24) is 0 Å². The van der Waals surface area contributed by atoms with Gasteiger partial charge in [-0.3, -0.25) is 4.79 Å². The molecular weight excluding hydrogens is 172 g/mol. The van der Waals surface area contributed by atoms with Crippen LogP contribution in [0.1, 0.15) is 10.4 Å². The topological polar surface area (TPSA) is 55.8 Å².